The minimum atomic E-state index is -1.25. The SMILES string of the molecule is O=C(CS(=O)Cc1ccco1)NCCCCOc1csc(CN2CCCCC2)c1. The quantitative estimate of drug-likeness (QED) is 0.513. The summed E-state index contributed by atoms with van der Waals surface area (Å²) in [7, 11) is -1.25. The Morgan fingerprint density at radius 3 is 2.93 bits per heavy atom. The molecule has 160 valence electrons. The normalized spacial score (nSPS) is 15.9. The molecule has 8 heteroatoms. The van der Waals surface area contributed by atoms with E-state index in [2.05, 4.69) is 21.7 Å². The van der Waals surface area contributed by atoms with Gasteiger partial charge in [-0.2, -0.15) is 0 Å². The van der Waals surface area contributed by atoms with Gasteiger partial charge in [0.2, 0.25) is 5.91 Å². The highest BCUT2D eigenvalue weighted by molar-refractivity contribution is 7.84. The molecule has 0 saturated carbocycles. The van der Waals surface area contributed by atoms with Crippen LogP contribution in [-0.2, 0) is 27.9 Å². The van der Waals surface area contributed by atoms with Crippen LogP contribution in [0.2, 0.25) is 0 Å². The molecule has 2 aromatic heterocycles. The van der Waals surface area contributed by atoms with Crippen LogP contribution in [0.15, 0.2) is 34.3 Å². The van der Waals surface area contributed by atoms with Crippen LogP contribution in [0, 0.1) is 0 Å². The molecule has 29 heavy (non-hydrogen) atoms. The summed E-state index contributed by atoms with van der Waals surface area (Å²) in [5.41, 5.74) is 0. The Hall–Kier alpha value is -1.64. The van der Waals surface area contributed by atoms with Crippen molar-refractivity contribution in [3.63, 3.8) is 0 Å². The lowest BCUT2D eigenvalue weighted by atomic mass is 10.1. The van der Waals surface area contributed by atoms with Crippen molar-refractivity contribution >= 4 is 28.0 Å². The van der Waals surface area contributed by atoms with Crippen LogP contribution in [0.3, 0.4) is 0 Å². The number of rotatable bonds is 12. The Kier molecular flexibility index (Phi) is 9.24. The summed E-state index contributed by atoms with van der Waals surface area (Å²) in [5.74, 6) is 1.68. The number of carbonyl (C=O) groups excluding carboxylic acids is 1. The molecule has 1 saturated heterocycles. The van der Waals surface area contributed by atoms with Crippen molar-refractivity contribution in [3.8, 4) is 5.75 Å². The fraction of sp³-hybridized carbons (Fsp3) is 0.571. The van der Waals surface area contributed by atoms with Crippen LogP contribution in [0.4, 0.5) is 0 Å². The largest absolute Gasteiger partial charge is 0.493 e. The van der Waals surface area contributed by atoms with Crippen molar-refractivity contribution in [2.45, 2.75) is 44.4 Å². The van der Waals surface area contributed by atoms with Crippen LogP contribution in [0.1, 0.15) is 42.7 Å². The van der Waals surface area contributed by atoms with E-state index in [4.69, 9.17) is 9.15 Å². The Morgan fingerprint density at radius 2 is 2.14 bits per heavy atom. The number of hydrogen-bond acceptors (Lipinski definition) is 6. The maximum Gasteiger partial charge on any atom is 0.232 e. The number of nitrogens with zero attached hydrogens (tertiary/aromatic N) is 1. The average molecular weight is 439 g/mol. The van der Waals surface area contributed by atoms with Gasteiger partial charge in [-0.25, -0.2) is 0 Å². The third-order valence-electron chi connectivity index (χ3n) is 4.80. The molecule has 1 unspecified atom stereocenters. The maximum absolute atomic E-state index is 11.9. The molecule has 0 bridgehead atoms. The minimum Gasteiger partial charge on any atom is -0.493 e. The van der Waals surface area contributed by atoms with Gasteiger partial charge < -0.3 is 14.5 Å². The van der Waals surface area contributed by atoms with Crippen molar-refractivity contribution < 1.29 is 18.2 Å². The molecule has 1 N–H and O–H groups in total. The molecular weight excluding hydrogens is 408 g/mol. The summed E-state index contributed by atoms with van der Waals surface area (Å²) in [6.07, 6.45) is 7.23. The second kappa shape index (κ2) is 12.1. The van der Waals surface area contributed by atoms with Gasteiger partial charge in [0.05, 0.1) is 18.6 Å². The van der Waals surface area contributed by atoms with Crippen molar-refractivity contribution in [1.82, 2.24) is 10.2 Å². The highest BCUT2D eigenvalue weighted by atomic mass is 32.2. The topological polar surface area (TPSA) is 71.8 Å². The van der Waals surface area contributed by atoms with Gasteiger partial charge in [-0.05, 0) is 57.0 Å². The lowest BCUT2D eigenvalue weighted by Crippen LogP contribution is -2.29. The number of amides is 1. The van der Waals surface area contributed by atoms with E-state index in [1.807, 2.05) is 0 Å². The molecule has 1 amide bonds. The molecule has 0 aromatic carbocycles. The number of hydrogen-bond donors (Lipinski definition) is 1. The third-order valence-corrected chi connectivity index (χ3v) is 6.89. The number of ether oxygens (including phenoxy) is 1. The first kappa shape index (κ1) is 22.1. The van der Waals surface area contributed by atoms with Crippen molar-refractivity contribution in [3.05, 3.63) is 40.5 Å². The van der Waals surface area contributed by atoms with Crippen molar-refractivity contribution in [1.29, 1.82) is 0 Å². The average Bonchev–Trinajstić information content (AvgIpc) is 3.37. The summed E-state index contributed by atoms with van der Waals surface area (Å²) in [5, 5.41) is 4.90. The molecule has 1 aliphatic rings. The minimum absolute atomic E-state index is 0.00585. The second-order valence-electron chi connectivity index (χ2n) is 7.30. The Morgan fingerprint density at radius 1 is 1.28 bits per heavy atom. The maximum atomic E-state index is 11.9. The Bertz CT molecular complexity index is 755. The van der Waals surface area contributed by atoms with E-state index in [1.165, 1.54) is 37.2 Å². The van der Waals surface area contributed by atoms with Gasteiger partial charge in [0.15, 0.2) is 0 Å². The molecule has 3 heterocycles. The first-order chi connectivity index (χ1) is 14.2. The van der Waals surface area contributed by atoms with Gasteiger partial charge in [-0.15, -0.1) is 11.3 Å². The van der Waals surface area contributed by atoms with Crippen LogP contribution < -0.4 is 10.1 Å². The summed E-state index contributed by atoms with van der Waals surface area (Å²) in [6.45, 7) is 4.65. The fourth-order valence-corrected chi connectivity index (χ4v) is 5.13. The zero-order valence-electron chi connectivity index (χ0n) is 16.8. The number of piperidine rings is 1. The van der Waals surface area contributed by atoms with E-state index in [0.717, 1.165) is 25.1 Å². The molecule has 1 atom stereocenters. The van der Waals surface area contributed by atoms with Gasteiger partial charge in [0.25, 0.3) is 0 Å². The molecule has 1 aliphatic heterocycles. The van der Waals surface area contributed by atoms with E-state index < -0.39 is 10.8 Å². The van der Waals surface area contributed by atoms with E-state index in [9.17, 15) is 9.00 Å². The molecule has 6 nitrogen and oxygen atoms in total. The van der Waals surface area contributed by atoms with Gasteiger partial charge >= 0.3 is 0 Å². The highest BCUT2D eigenvalue weighted by Crippen LogP contribution is 2.24. The van der Waals surface area contributed by atoms with Crippen LogP contribution in [-0.4, -0.2) is 47.0 Å². The zero-order valence-corrected chi connectivity index (χ0v) is 18.4. The van der Waals surface area contributed by atoms with E-state index in [1.54, 1.807) is 29.7 Å². The van der Waals surface area contributed by atoms with E-state index in [-0.39, 0.29) is 17.4 Å². The second-order valence-corrected chi connectivity index (χ2v) is 9.75. The molecule has 0 spiro atoms. The summed E-state index contributed by atoms with van der Waals surface area (Å²) < 4.78 is 22.9. The highest BCUT2D eigenvalue weighted by Gasteiger charge is 2.12. The third kappa shape index (κ3) is 8.32. The lowest BCUT2D eigenvalue weighted by molar-refractivity contribution is -0.118. The zero-order chi connectivity index (χ0) is 20.3. The monoisotopic (exact) mass is 438 g/mol. The number of unbranched alkanes of at least 4 members (excludes halogenated alkanes) is 1. The standard InChI is InChI=1S/C21H30N2O4S2/c24-21(17-29(25)16-18-7-6-12-26-18)22-8-2-5-11-27-19-13-20(28-15-19)14-23-9-3-1-4-10-23/h6-7,12-13,15H,1-5,8-11,14,16-17H2,(H,22,24). The molecule has 2 aromatic rings. The molecule has 3 rings (SSSR count). The first-order valence-corrected chi connectivity index (χ1v) is 12.6. The van der Waals surface area contributed by atoms with E-state index in [0.29, 0.717) is 18.9 Å². The van der Waals surface area contributed by atoms with Gasteiger partial charge in [0, 0.05) is 34.1 Å². The Labute approximate surface area is 179 Å². The number of thiophene rings is 1. The number of likely N-dealkylation sites (tertiary alicyclic amines) is 1. The predicted molar refractivity (Wildman–Crippen MR) is 117 cm³/mol. The van der Waals surface area contributed by atoms with Gasteiger partial charge in [-0.3, -0.25) is 13.9 Å². The van der Waals surface area contributed by atoms with Gasteiger partial charge in [-0.1, -0.05) is 6.42 Å². The molecule has 0 aliphatic carbocycles. The Balaban J connectivity index is 1.22. The van der Waals surface area contributed by atoms with Crippen molar-refractivity contribution in [2.24, 2.45) is 0 Å². The smallest absolute Gasteiger partial charge is 0.232 e. The summed E-state index contributed by atoms with van der Waals surface area (Å²) >= 11 is 1.76. The van der Waals surface area contributed by atoms with Crippen LogP contribution >= 0.6 is 11.3 Å². The number of carbonyl (C=O) groups is 1. The van der Waals surface area contributed by atoms with Gasteiger partial charge in [0.1, 0.15) is 17.3 Å². The molecule has 0 radical (unpaired) electrons. The molecule has 1 fully saturated rings. The fourth-order valence-electron chi connectivity index (χ4n) is 3.30. The summed E-state index contributed by atoms with van der Waals surface area (Å²) in [6, 6.07) is 5.66. The van der Waals surface area contributed by atoms with Crippen molar-refractivity contribution in [2.75, 3.05) is 32.0 Å². The number of furan rings is 1. The first-order valence-electron chi connectivity index (χ1n) is 10.3. The number of nitrogens with one attached hydrogen (secondary N) is 1. The lowest BCUT2D eigenvalue weighted by Gasteiger charge is -2.25. The van der Waals surface area contributed by atoms with E-state index >= 15 is 0 Å². The van der Waals surface area contributed by atoms with Crippen LogP contribution in [0.25, 0.3) is 0 Å². The predicted octanol–water partition coefficient (Wildman–Crippen LogP) is 3.55. The van der Waals surface area contributed by atoms with Crippen LogP contribution in [0.5, 0.6) is 5.75 Å². The summed E-state index contributed by atoms with van der Waals surface area (Å²) in [4.78, 5) is 15.7. The molecular formula is C21H30N2O4S2.